The van der Waals surface area contributed by atoms with Crippen molar-refractivity contribution in [3.05, 3.63) is 52.8 Å². The first-order valence-electron chi connectivity index (χ1n) is 4.54. The molecule has 3 aromatic rings. The summed E-state index contributed by atoms with van der Waals surface area (Å²) in [5, 5.41) is 0.728. The first-order valence-corrected chi connectivity index (χ1v) is 4.54. The minimum atomic E-state index is -0.321. The van der Waals surface area contributed by atoms with Crippen LogP contribution in [0.1, 0.15) is 0 Å². The summed E-state index contributed by atoms with van der Waals surface area (Å²) >= 11 is 0. The molecule has 0 aliphatic rings. The van der Waals surface area contributed by atoms with Crippen molar-refractivity contribution in [2.45, 2.75) is 0 Å². The van der Waals surface area contributed by atoms with Crippen LogP contribution in [0.2, 0.25) is 0 Å². The molecule has 74 valence electrons. The highest BCUT2D eigenvalue weighted by Crippen LogP contribution is 2.20. The highest BCUT2D eigenvalue weighted by atomic mass is 19.1. The van der Waals surface area contributed by atoms with Crippen LogP contribution in [0.4, 0.5) is 4.39 Å². The van der Waals surface area contributed by atoms with Gasteiger partial charge in [-0.05, 0) is 12.1 Å². The number of halogens is 1. The van der Waals surface area contributed by atoms with E-state index >= 15 is 0 Å². The van der Waals surface area contributed by atoms with Crippen molar-refractivity contribution in [1.82, 2.24) is 9.38 Å². The van der Waals surface area contributed by atoms with E-state index in [1.807, 2.05) is 0 Å². The normalized spacial score (nSPS) is 11.3. The molecule has 0 aliphatic carbocycles. The summed E-state index contributed by atoms with van der Waals surface area (Å²) in [6.45, 7) is 0. The lowest BCUT2D eigenvalue weighted by atomic mass is 10.2. The fourth-order valence-corrected chi connectivity index (χ4v) is 1.83. The van der Waals surface area contributed by atoms with Crippen molar-refractivity contribution in [2.75, 3.05) is 0 Å². The number of hydrogen-bond donors (Lipinski definition) is 1. The molecular weight excluding hydrogens is 195 g/mol. The van der Waals surface area contributed by atoms with E-state index in [2.05, 4.69) is 4.98 Å². The van der Waals surface area contributed by atoms with Gasteiger partial charge < -0.3 is 9.38 Å². The molecule has 0 spiro atoms. The predicted molar refractivity (Wildman–Crippen MR) is 55.5 cm³/mol. The third-order valence-electron chi connectivity index (χ3n) is 2.48. The van der Waals surface area contributed by atoms with Crippen LogP contribution < -0.4 is 5.56 Å². The van der Waals surface area contributed by atoms with E-state index in [0.29, 0.717) is 11.0 Å². The van der Waals surface area contributed by atoms with E-state index in [1.165, 1.54) is 12.3 Å². The molecule has 2 heterocycles. The summed E-state index contributed by atoms with van der Waals surface area (Å²) in [5.41, 5.74) is 0.685. The molecule has 0 amide bonds. The Morgan fingerprint density at radius 1 is 1.33 bits per heavy atom. The number of hydrogen-bond acceptors (Lipinski definition) is 1. The number of nitrogens with zero attached hydrogens (tertiary/aromatic N) is 1. The summed E-state index contributed by atoms with van der Waals surface area (Å²) in [6.07, 6.45) is 3.14. The van der Waals surface area contributed by atoms with Crippen LogP contribution in [0, 0.1) is 5.82 Å². The smallest absolute Gasteiger partial charge is 0.272 e. The van der Waals surface area contributed by atoms with Gasteiger partial charge in [-0.25, -0.2) is 4.39 Å². The number of benzene rings is 1. The molecule has 3 rings (SSSR count). The molecule has 0 radical (unpaired) electrons. The summed E-state index contributed by atoms with van der Waals surface area (Å²) in [6, 6.07) is 6.48. The molecular formula is C11H7FN2O. The standard InChI is InChI=1S/C11H7FN2O/c12-8-3-1-2-7-6-9-11(15)13-4-5-14(9)10(7)8/h1-6H,(H,13,15). The number of nitrogens with one attached hydrogen (secondary N) is 1. The van der Waals surface area contributed by atoms with Crippen LogP contribution in [0.5, 0.6) is 0 Å². The second-order valence-electron chi connectivity index (χ2n) is 3.37. The van der Waals surface area contributed by atoms with Crippen molar-refractivity contribution >= 4 is 16.4 Å². The van der Waals surface area contributed by atoms with Crippen LogP contribution >= 0.6 is 0 Å². The molecule has 3 nitrogen and oxygen atoms in total. The Labute approximate surface area is 83.8 Å². The molecule has 0 aliphatic heterocycles. The molecule has 0 fully saturated rings. The van der Waals surface area contributed by atoms with Crippen LogP contribution in [0.25, 0.3) is 16.4 Å². The molecule has 0 bridgehead atoms. The Morgan fingerprint density at radius 2 is 2.20 bits per heavy atom. The van der Waals surface area contributed by atoms with Gasteiger partial charge in [0.1, 0.15) is 11.3 Å². The molecule has 4 heteroatoms. The molecule has 0 saturated heterocycles. The van der Waals surface area contributed by atoms with E-state index in [1.54, 1.807) is 28.8 Å². The van der Waals surface area contributed by atoms with E-state index in [0.717, 1.165) is 5.39 Å². The zero-order valence-electron chi connectivity index (χ0n) is 7.70. The molecule has 0 atom stereocenters. The maximum Gasteiger partial charge on any atom is 0.272 e. The van der Waals surface area contributed by atoms with Crippen molar-refractivity contribution in [2.24, 2.45) is 0 Å². The van der Waals surface area contributed by atoms with Gasteiger partial charge in [0.2, 0.25) is 0 Å². The van der Waals surface area contributed by atoms with Gasteiger partial charge in [0.15, 0.2) is 0 Å². The monoisotopic (exact) mass is 202 g/mol. The predicted octanol–water partition coefficient (Wildman–Crippen LogP) is 1.92. The average molecular weight is 202 g/mol. The fourth-order valence-electron chi connectivity index (χ4n) is 1.83. The lowest BCUT2D eigenvalue weighted by molar-refractivity contribution is 0.636. The average Bonchev–Trinajstić information content (AvgIpc) is 2.59. The second kappa shape index (κ2) is 2.70. The van der Waals surface area contributed by atoms with Gasteiger partial charge in [-0.2, -0.15) is 0 Å². The number of aromatic nitrogens is 2. The lowest BCUT2D eigenvalue weighted by Crippen LogP contribution is -2.07. The Hall–Kier alpha value is -2.10. The molecule has 1 aromatic carbocycles. The zero-order chi connectivity index (χ0) is 10.4. The van der Waals surface area contributed by atoms with Gasteiger partial charge in [0.05, 0.1) is 5.52 Å². The highest BCUT2D eigenvalue weighted by molar-refractivity contribution is 5.87. The molecule has 0 saturated carbocycles. The highest BCUT2D eigenvalue weighted by Gasteiger charge is 2.08. The van der Waals surface area contributed by atoms with Gasteiger partial charge in [-0.3, -0.25) is 4.79 Å². The van der Waals surface area contributed by atoms with Crippen molar-refractivity contribution in [3.63, 3.8) is 0 Å². The van der Waals surface area contributed by atoms with Crippen LogP contribution in [0.15, 0.2) is 41.5 Å². The third-order valence-corrected chi connectivity index (χ3v) is 2.48. The van der Waals surface area contributed by atoms with Crippen molar-refractivity contribution in [3.8, 4) is 0 Å². The van der Waals surface area contributed by atoms with Crippen LogP contribution in [0.3, 0.4) is 0 Å². The Balaban J connectivity index is 2.71. The SMILES string of the molecule is O=c1[nH]ccn2c1cc1cccc(F)c12. The molecule has 15 heavy (non-hydrogen) atoms. The molecule has 1 N–H and O–H groups in total. The number of rotatable bonds is 0. The Morgan fingerprint density at radius 3 is 3.07 bits per heavy atom. The quantitative estimate of drug-likeness (QED) is 0.594. The fraction of sp³-hybridized carbons (Fsp3) is 0. The van der Waals surface area contributed by atoms with E-state index in [9.17, 15) is 9.18 Å². The largest absolute Gasteiger partial charge is 0.326 e. The summed E-state index contributed by atoms with van der Waals surface area (Å²) in [4.78, 5) is 14.0. The first kappa shape index (κ1) is 8.23. The number of fused-ring (bicyclic) bond motifs is 3. The number of para-hydroxylation sites is 1. The minimum Gasteiger partial charge on any atom is -0.326 e. The van der Waals surface area contributed by atoms with E-state index in [-0.39, 0.29) is 11.4 Å². The third kappa shape index (κ3) is 1.01. The van der Waals surface area contributed by atoms with Gasteiger partial charge >= 0.3 is 0 Å². The Kier molecular flexibility index (Phi) is 1.48. The Bertz CT molecular complexity index is 711. The minimum absolute atomic E-state index is 0.215. The second-order valence-corrected chi connectivity index (χ2v) is 3.37. The van der Waals surface area contributed by atoms with Gasteiger partial charge in [-0.15, -0.1) is 0 Å². The summed E-state index contributed by atoms with van der Waals surface area (Å²) < 4.78 is 15.1. The van der Waals surface area contributed by atoms with Crippen molar-refractivity contribution < 1.29 is 4.39 Å². The maximum atomic E-state index is 13.5. The zero-order valence-corrected chi connectivity index (χ0v) is 7.70. The van der Waals surface area contributed by atoms with E-state index in [4.69, 9.17) is 0 Å². The molecule has 0 unspecified atom stereocenters. The lowest BCUT2D eigenvalue weighted by Gasteiger charge is -1.96. The molecule has 2 aromatic heterocycles. The number of H-pyrrole nitrogens is 1. The van der Waals surface area contributed by atoms with Gasteiger partial charge in [-0.1, -0.05) is 12.1 Å². The summed E-state index contributed by atoms with van der Waals surface area (Å²) in [5.74, 6) is -0.321. The summed E-state index contributed by atoms with van der Waals surface area (Å²) in [7, 11) is 0. The number of aromatic amines is 1. The maximum absolute atomic E-state index is 13.5. The van der Waals surface area contributed by atoms with Crippen LogP contribution in [-0.4, -0.2) is 9.38 Å². The van der Waals surface area contributed by atoms with Crippen LogP contribution in [-0.2, 0) is 0 Å². The van der Waals surface area contributed by atoms with Gasteiger partial charge in [0, 0.05) is 17.8 Å². The van der Waals surface area contributed by atoms with Gasteiger partial charge in [0.25, 0.3) is 5.56 Å². The first-order chi connectivity index (χ1) is 7.27. The topological polar surface area (TPSA) is 37.3 Å². The van der Waals surface area contributed by atoms with E-state index < -0.39 is 0 Å². The van der Waals surface area contributed by atoms with Crippen molar-refractivity contribution in [1.29, 1.82) is 0 Å².